The maximum atomic E-state index is 12.2. The van der Waals surface area contributed by atoms with Gasteiger partial charge < -0.3 is 10.0 Å². The molecule has 0 radical (unpaired) electrons. The van der Waals surface area contributed by atoms with Crippen molar-refractivity contribution in [3.63, 3.8) is 0 Å². The van der Waals surface area contributed by atoms with Crippen LogP contribution in [0.15, 0.2) is 18.2 Å². The molecule has 0 spiro atoms. The number of carbonyl (C=O) groups is 2. The molecule has 1 aliphatic heterocycles. The number of halogens is 2. The van der Waals surface area contributed by atoms with Crippen molar-refractivity contribution in [3.05, 3.63) is 33.8 Å². The van der Waals surface area contributed by atoms with E-state index in [0.29, 0.717) is 30.0 Å². The van der Waals surface area contributed by atoms with E-state index >= 15 is 0 Å². The Morgan fingerprint density at radius 1 is 1.28 bits per heavy atom. The summed E-state index contributed by atoms with van der Waals surface area (Å²) in [7, 11) is 0. The van der Waals surface area contributed by atoms with Crippen molar-refractivity contribution in [1.29, 1.82) is 0 Å². The van der Waals surface area contributed by atoms with Crippen LogP contribution in [0.5, 0.6) is 0 Å². The van der Waals surface area contributed by atoms with E-state index in [0.717, 1.165) is 0 Å². The molecule has 1 fully saturated rings. The first-order valence-corrected chi connectivity index (χ1v) is 6.25. The van der Waals surface area contributed by atoms with E-state index < -0.39 is 12.0 Å². The molecule has 18 heavy (non-hydrogen) atoms. The maximum Gasteiger partial charge on any atom is 0.326 e. The number of hydrogen-bond donors (Lipinski definition) is 1. The van der Waals surface area contributed by atoms with Gasteiger partial charge in [-0.2, -0.15) is 0 Å². The van der Waals surface area contributed by atoms with Gasteiger partial charge in [-0.05, 0) is 31.0 Å². The van der Waals surface area contributed by atoms with Crippen LogP contribution in [0.2, 0.25) is 10.0 Å². The Hall–Kier alpha value is -1.26. The van der Waals surface area contributed by atoms with Crippen LogP contribution >= 0.6 is 23.2 Å². The second kappa shape index (κ2) is 5.16. The number of likely N-dealkylation sites (tertiary alicyclic amines) is 1. The summed E-state index contributed by atoms with van der Waals surface area (Å²) in [6, 6.07) is 3.80. The van der Waals surface area contributed by atoms with Crippen LogP contribution in [0.1, 0.15) is 23.2 Å². The Labute approximate surface area is 114 Å². The molecule has 1 N–H and O–H groups in total. The summed E-state index contributed by atoms with van der Waals surface area (Å²) >= 11 is 11.6. The number of nitrogens with zero attached hydrogens (tertiary/aromatic N) is 1. The van der Waals surface area contributed by atoms with E-state index in [1.807, 2.05) is 0 Å². The van der Waals surface area contributed by atoms with Crippen LogP contribution in [0, 0.1) is 0 Å². The molecule has 1 atom stereocenters. The first-order valence-electron chi connectivity index (χ1n) is 5.49. The Bertz CT molecular complexity index is 504. The summed E-state index contributed by atoms with van der Waals surface area (Å²) in [5.74, 6) is -1.29. The molecule has 1 heterocycles. The van der Waals surface area contributed by atoms with E-state index in [1.165, 1.54) is 17.0 Å². The van der Waals surface area contributed by atoms with E-state index in [-0.39, 0.29) is 10.9 Å². The lowest BCUT2D eigenvalue weighted by molar-refractivity contribution is -0.141. The highest BCUT2D eigenvalue weighted by atomic mass is 35.5. The molecular formula is C12H11Cl2NO3. The predicted octanol–water partition coefficient (Wildman–Crippen LogP) is 2.68. The van der Waals surface area contributed by atoms with Crippen LogP contribution in [0.4, 0.5) is 0 Å². The molecule has 1 amide bonds. The number of amides is 1. The highest BCUT2D eigenvalue weighted by molar-refractivity contribution is 6.42. The summed E-state index contributed by atoms with van der Waals surface area (Å²) in [4.78, 5) is 24.6. The Kier molecular flexibility index (Phi) is 3.78. The molecule has 1 aromatic carbocycles. The predicted molar refractivity (Wildman–Crippen MR) is 68.2 cm³/mol. The number of aliphatic carboxylic acids is 1. The van der Waals surface area contributed by atoms with Crippen molar-refractivity contribution >= 4 is 35.1 Å². The molecule has 1 saturated heterocycles. The largest absolute Gasteiger partial charge is 0.480 e. The van der Waals surface area contributed by atoms with Gasteiger partial charge in [0.25, 0.3) is 5.91 Å². The molecule has 0 saturated carbocycles. The smallest absolute Gasteiger partial charge is 0.326 e. The molecule has 2 rings (SSSR count). The molecule has 96 valence electrons. The van der Waals surface area contributed by atoms with Gasteiger partial charge in [0.15, 0.2) is 0 Å². The van der Waals surface area contributed by atoms with Gasteiger partial charge in [0.2, 0.25) is 0 Å². The minimum atomic E-state index is -0.971. The zero-order chi connectivity index (χ0) is 13.3. The third kappa shape index (κ3) is 2.44. The first kappa shape index (κ1) is 13.2. The zero-order valence-corrected chi connectivity index (χ0v) is 10.9. The molecule has 4 nitrogen and oxygen atoms in total. The topological polar surface area (TPSA) is 57.6 Å². The van der Waals surface area contributed by atoms with Crippen molar-refractivity contribution in [1.82, 2.24) is 4.90 Å². The number of benzene rings is 1. The summed E-state index contributed by atoms with van der Waals surface area (Å²) in [5.41, 5.74) is 0.359. The van der Waals surface area contributed by atoms with Crippen LogP contribution in [0.25, 0.3) is 0 Å². The fourth-order valence-electron chi connectivity index (χ4n) is 2.06. The summed E-state index contributed by atoms with van der Waals surface area (Å²) in [6.45, 7) is 0.454. The van der Waals surface area contributed by atoms with Crippen molar-refractivity contribution in [2.45, 2.75) is 18.9 Å². The quantitative estimate of drug-likeness (QED) is 0.910. The van der Waals surface area contributed by atoms with Gasteiger partial charge >= 0.3 is 5.97 Å². The van der Waals surface area contributed by atoms with Crippen LogP contribution < -0.4 is 0 Å². The molecule has 0 bridgehead atoms. The van der Waals surface area contributed by atoms with Crippen molar-refractivity contribution in [2.24, 2.45) is 0 Å². The number of rotatable bonds is 2. The Morgan fingerprint density at radius 2 is 2.00 bits per heavy atom. The number of carboxylic acids is 1. The fraction of sp³-hybridized carbons (Fsp3) is 0.333. The second-order valence-electron chi connectivity index (χ2n) is 4.12. The third-order valence-electron chi connectivity index (χ3n) is 2.97. The minimum absolute atomic E-state index is 0.286. The summed E-state index contributed by atoms with van der Waals surface area (Å²) in [5, 5.41) is 9.69. The van der Waals surface area contributed by atoms with E-state index in [4.69, 9.17) is 28.3 Å². The maximum absolute atomic E-state index is 12.2. The number of carboxylic acid groups (broad SMARTS) is 1. The van der Waals surface area contributed by atoms with Crippen LogP contribution in [-0.2, 0) is 4.79 Å². The average Bonchev–Trinajstić information content (AvgIpc) is 2.81. The van der Waals surface area contributed by atoms with Crippen LogP contribution in [0.3, 0.4) is 0 Å². The SMILES string of the molecule is O=C(O)C1CCCN1C(=O)c1ccc(Cl)c(Cl)c1. The normalized spacial score (nSPS) is 19.0. The lowest BCUT2D eigenvalue weighted by atomic mass is 10.1. The Balaban J connectivity index is 2.25. The highest BCUT2D eigenvalue weighted by Crippen LogP contribution is 2.25. The zero-order valence-electron chi connectivity index (χ0n) is 9.40. The van der Waals surface area contributed by atoms with Crippen LogP contribution in [-0.4, -0.2) is 34.5 Å². The summed E-state index contributed by atoms with van der Waals surface area (Å²) < 4.78 is 0. The van der Waals surface area contributed by atoms with Gasteiger partial charge in [0, 0.05) is 12.1 Å². The van der Waals surface area contributed by atoms with E-state index in [9.17, 15) is 9.59 Å². The fourth-order valence-corrected chi connectivity index (χ4v) is 2.36. The Morgan fingerprint density at radius 3 is 2.61 bits per heavy atom. The van der Waals surface area contributed by atoms with Crippen molar-refractivity contribution in [2.75, 3.05) is 6.54 Å². The third-order valence-corrected chi connectivity index (χ3v) is 3.70. The molecule has 6 heteroatoms. The van der Waals surface area contributed by atoms with Gasteiger partial charge in [-0.1, -0.05) is 23.2 Å². The molecule has 0 aromatic heterocycles. The molecular weight excluding hydrogens is 277 g/mol. The minimum Gasteiger partial charge on any atom is -0.480 e. The average molecular weight is 288 g/mol. The molecule has 1 aromatic rings. The molecule has 1 aliphatic rings. The van der Waals surface area contributed by atoms with Gasteiger partial charge in [-0.15, -0.1) is 0 Å². The number of hydrogen-bond acceptors (Lipinski definition) is 2. The lowest BCUT2D eigenvalue weighted by Gasteiger charge is -2.21. The van der Waals surface area contributed by atoms with Crippen molar-refractivity contribution < 1.29 is 14.7 Å². The van der Waals surface area contributed by atoms with Gasteiger partial charge in [0.1, 0.15) is 6.04 Å². The van der Waals surface area contributed by atoms with E-state index in [2.05, 4.69) is 0 Å². The van der Waals surface area contributed by atoms with Gasteiger partial charge in [0.05, 0.1) is 10.0 Å². The molecule has 1 unspecified atom stereocenters. The second-order valence-corrected chi connectivity index (χ2v) is 4.94. The monoisotopic (exact) mass is 287 g/mol. The standard InChI is InChI=1S/C12H11Cl2NO3/c13-8-4-3-7(6-9(8)14)11(16)15-5-1-2-10(15)12(17)18/h3-4,6,10H,1-2,5H2,(H,17,18). The van der Waals surface area contributed by atoms with Crippen molar-refractivity contribution in [3.8, 4) is 0 Å². The summed E-state index contributed by atoms with van der Waals surface area (Å²) in [6.07, 6.45) is 1.19. The highest BCUT2D eigenvalue weighted by Gasteiger charge is 2.34. The van der Waals surface area contributed by atoms with Gasteiger partial charge in [-0.25, -0.2) is 4.79 Å². The number of carbonyl (C=O) groups excluding carboxylic acids is 1. The lowest BCUT2D eigenvalue weighted by Crippen LogP contribution is -2.40. The van der Waals surface area contributed by atoms with E-state index in [1.54, 1.807) is 6.07 Å². The molecule has 0 aliphatic carbocycles. The van der Waals surface area contributed by atoms with Gasteiger partial charge in [-0.3, -0.25) is 4.79 Å². The first-order chi connectivity index (χ1) is 8.50.